The maximum Gasteiger partial charge on any atom is 0.341 e. The minimum absolute atomic E-state index is 0.105. The van der Waals surface area contributed by atoms with Gasteiger partial charge in [-0.25, -0.2) is 4.79 Å². The second-order valence-corrected chi connectivity index (χ2v) is 7.05. The number of nitriles is 1. The Balaban J connectivity index is 2.19. The van der Waals surface area contributed by atoms with E-state index in [4.69, 9.17) is 25.8 Å². The number of methoxy groups -OCH3 is 1. The SMILES string of the molecule is CCCCOc1ccc(/C=C(\C#N)C(=O)Nc2cc(OC)c(C(=O)OCC)cc2Cl)cc1. The number of nitrogens with one attached hydrogen (secondary N) is 1. The summed E-state index contributed by atoms with van der Waals surface area (Å²) in [4.78, 5) is 24.7. The zero-order valence-electron chi connectivity index (χ0n) is 18.2. The number of hydrogen-bond acceptors (Lipinski definition) is 6. The lowest BCUT2D eigenvalue weighted by Crippen LogP contribution is -2.15. The average Bonchev–Trinajstić information content (AvgIpc) is 2.79. The van der Waals surface area contributed by atoms with Crippen LogP contribution in [-0.4, -0.2) is 32.2 Å². The molecular formula is C24H25ClN2O5. The van der Waals surface area contributed by atoms with Crippen molar-refractivity contribution in [3.05, 3.63) is 58.1 Å². The van der Waals surface area contributed by atoms with Crippen molar-refractivity contribution in [1.82, 2.24) is 0 Å². The van der Waals surface area contributed by atoms with Crippen LogP contribution < -0.4 is 14.8 Å². The molecule has 168 valence electrons. The third kappa shape index (κ3) is 6.76. The van der Waals surface area contributed by atoms with Crippen molar-refractivity contribution in [2.45, 2.75) is 26.7 Å². The fraction of sp³-hybridized carbons (Fsp3) is 0.292. The van der Waals surface area contributed by atoms with Gasteiger partial charge in [0, 0.05) is 6.07 Å². The molecule has 0 fully saturated rings. The van der Waals surface area contributed by atoms with Gasteiger partial charge in [-0.3, -0.25) is 4.79 Å². The van der Waals surface area contributed by atoms with Gasteiger partial charge in [0.15, 0.2) is 0 Å². The molecule has 0 aliphatic heterocycles. The number of amides is 1. The molecule has 0 unspecified atom stereocenters. The molecule has 0 saturated heterocycles. The smallest absolute Gasteiger partial charge is 0.341 e. The van der Waals surface area contributed by atoms with E-state index in [2.05, 4.69) is 12.2 Å². The summed E-state index contributed by atoms with van der Waals surface area (Å²) in [6.45, 7) is 4.60. The fourth-order valence-corrected chi connectivity index (χ4v) is 2.90. The first-order valence-corrected chi connectivity index (χ1v) is 10.5. The van der Waals surface area contributed by atoms with Gasteiger partial charge in [-0.15, -0.1) is 0 Å². The molecule has 7 nitrogen and oxygen atoms in total. The van der Waals surface area contributed by atoms with Crippen molar-refractivity contribution >= 4 is 35.2 Å². The van der Waals surface area contributed by atoms with Crippen molar-refractivity contribution in [3.63, 3.8) is 0 Å². The van der Waals surface area contributed by atoms with Crippen molar-refractivity contribution in [2.24, 2.45) is 0 Å². The maximum absolute atomic E-state index is 12.6. The number of hydrogen-bond donors (Lipinski definition) is 1. The number of benzene rings is 2. The Morgan fingerprint density at radius 2 is 1.91 bits per heavy atom. The van der Waals surface area contributed by atoms with Crippen LogP contribution >= 0.6 is 11.6 Å². The Kier molecular flexibility index (Phi) is 9.58. The van der Waals surface area contributed by atoms with Gasteiger partial charge in [0.25, 0.3) is 5.91 Å². The fourth-order valence-electron chi connectivity index (χ4n) is 2.69. The molecular weight excluding hydrogens is 432 g/mol. The molecule has 0 aromatic heterocycles. The highest BCUT2D eigenvalue weighted by atomic mass is 35.5. The number of rotatable bonds is 10. The van der Waals surface area contributed by atoms with Crippen molar-refractivity contribution in [1.29, 1.82) is 5.26 Å². The van der Waals surface area contributed by atoms with E-state index in [0.717, 1.165) is 18.6 Å². The second-order valence-electron chi connectivity index (χ2n) is 6.65. The molecule has 0 radical (unpaired) electrons. The number of ether oxygens (including phenoxy) is 3. The number of carbonyl (C=O) groups excluding carboxylic acids is 2. The summed E-state index contributed by atoms with van der Waals surface area (Å²) in [6.07, 6.45) is 3.47. The average molecular weight is 457 g/mol. The normalized spacial score (nSPS) is 10.8. The van der Waals surface area contributed by atoms with E-state index < -0.39 is 11.9 Å². The lowest BCUT2D eigenvalue weighted by Gasteiger charge is -2.13. The molecule has 0 aliphatic rings. The predicted molar refractivity (Wildman–Crippen MR) is 123 cm³/mol. The third-order valence-electron chi connectivity index (χ3n) is 4.36. The molecule has 0 atom stereocenters. The standard InChI is InChI=1S/C24H25ClN2O5/c1-4-6-11-32-18-9-7-16(8-10-18)12-17(15-26)23(28)27-21-14-22(30-3)19(13-20(21)25)24(29)31-5-2/h7-10,12-14H,4-6,11H2,1-3H3,(H,27,28)/b17-12+. The highest BCUT2D eigenvalue weighted by molar-refractivity contribution is 6.34. The highest BCUT2D eigenvalue weighted by Gasteiger charge is 2.19. The monoisotopic (exact) mass is 456 g/mol. The Bertz CT molecular complexity index is 1030. The van der Waals surface area contributed by atoms with Gasteiger partial charge in [-0.05, 0) is 43.2 Å². The van der Waals surface area contributed by atoms with Gasteiger partial charge >= 0.3 is 5.97 Å². The second kappa shape index (κ2) is 12.4. The van der Waals surface area contributed by atoms with Crippen LogP contribution in [0.3, 0.4) is 0 Å². The van der Waals surface area contributed by atoms with Gasteiger partial charge in [0.05, 0.1) is 31.0 Å². The first kappa shape index (κ1) is 24.8. The summed E-state index contributed by atoms with van der Waals surface area (Å²) < 4.78 is 15.8. The van der Waals surface area contributed by atoms with E-state index >= 15 is 0 Å². The summed E-state index contributed by atoms with van der Waals surface area (Å²) in [6, 6.07) is 11.7. The van der Waals surface area contributed by atoms with Gasteiger partial charge in [0.2, 0.25) is 0 Å². The number of esters is 1. The summed E-state index contributed by atoms with van der Waals surface area (Å²) in [5.41, 5.74) is 0.882. The molecule has 2 aromatic carbocycles. The Morgan fingerprint density at radius 1 is 1.19 bits per heavy atom. The van der Waals surface area contributed by atoms with Gasteiger partial charge in [-0.1, -0.05) is 37.1 Å². The molecule has 1 amide bonds. The maximum atomic E-state index is 12.6. The first-order valence-electron chi connectivity index (χ1n) is 10.1. The van der Waals surface area contributed by atoms with Crippen molar-refractivity contribution in [2.75, 3.05) is 25.6 Å². The van der Waals surface area contributed by atoms with E-state index in [-0.39, 0.29) is 34.2 Å². The zero-order chi connectivity index (χ0) is 23.5. The van der Waals surface area contributed by atoms with Crippen LogP contribution in [0.1, 0.15) is 42.6 Å². The molecule has 1 N–H and O–H groups in total. The molecule has 0 bridgehead atoms. The summed E-state index contributed by atoms with van der Waals surface area (Å²) in [5, 5.41) is 12.1. The minimum Gasteiger partial charge on any atom is -0.496 e. The lowest BCUT2D eigenvalue weighted by molar-refractivity contribution is -0.112. The van der Waals surface area contributed by atoms with Crippen molar-refractivity contribution < 1.29 is 23.8 Å². The van der Waals surface area contributed by atoms with E-state index in [1.807, 2.05) is 6.07 Å². The van der Waals surface area contributed by atoms with Crippen LogP contribution in [0.5, 0.6) is 11.5 Å². The number of halogens is 1. The molecule has 0 spiro atoms. The topological polar surface area (TPSA) is 97.6 Å². The van der Waals surface area contributed by atoms with Crippen molar-refractivity contribution in [3.8, 4) is 17.6 Å². The van der Waals surface area contributed by atoms with Gasteiger partial charge in [-0.2, -0.15) is 5.26 Å². The predicted octanol–water partition coefficient (Wildman–Crippen LogP) is 5.25. The molecule has 0 aliphatic carbocycles. The largest absolute Gasteiger partial charge is 0.496 e. The first-order chi connectivity index (χ1) is 15.4. The van der Waals surface area contributed by atoms with Crippen LogP contribution in [0.25, 0.3) is 6.08 Å². The van der Waals surface area contributed by atoms with E-state index in [1.165, 1.54) is 25.3 Å². The van der Waals surface area contributed by atoms with Crippen LogP contribution in [0.15, 0.2) is 42.0 Å². The highest BCUT2D eigenvalue weighted by Crippen LogP contribution is 2.32. The van der Waals surface area contributed by atoms with Crippen LogP contribution in [0.4, 0.5) is 5.69 Å². The van der Waals surface area contributed by atoms with E-state index in [0.29, 0.717) is 12.2 Å². The Morgan fingerprint density at radius 3 is 2.50 bits per heavy atom. The summed E-state index contributed by atoms with van der Waals surface area (Å²) in [5.74, 6) is -0.337. The van der Waals surface area contributed by atoms with Crippen LogP contribution in [0.2, 0.25) is 5.02 Å². The zero-order valence-corrected chi connectivity index (χ0v) is 19.0. The summed E-state index contributed by atoms with van der Waals surface area (Å²) in [7, 11) is 1.38. The number of nitrogens with zero attached hydrogens (tertiary/aromatic N) is 1. The molecule has 0 saturated carbocycles. The number of anilines is 1. The number of unbranched alkanes of at least 4 members (excludes halogenated alkanes) is 1. The Labute approximate surface area is 192 Å². The molecule has 32 heavy (non-hydrogen) atoms. The van der Waals surface area contributed by atoms with E-state index in [9.17, 15) is 14.9 Å². The molecule has 0 heterocycles. The molecule has 2 aromatic rings. The lowest BCUT2D eigenvalue weighted by atomic mass is 10.1. The Hall–Kier alpha value is -3.50. The summed E-state index contributed by atoms with van der Waals surface area (Å²) >= 11 is 6.23. The van der Waals surface area contributed by atoms with Gasteiger partial charge in [0.1, 0.15) is 28.7 Å². The van der Waals surface area contributed by atoms with Crippen LogP contribution in [0, 0.1) is 11.3 Å². The number of carbonyl (C=O) groups is 2. The third-order valence-corrected chi connectivity index (χ3v) is 4.67. The molecule has 8 heteroatoms. The minimum atomic E-state index is -0.649. The van der Waals surface area contributed by atoms with Crippen LogP contribution in [-0.2, 0) is 9.53 Å². The molecule has 2 rings (SSSR count). The van der Waals surface area contributed by atoms with Gasteiger partial charge < -0.3 is 19.5 Å². The quantitative estimate of drug-likeness (QED) is 0.227. The van der Waals surface area contributed by atoms with E-state index in [1.54, 1.807) is 31.2 Å².